The molecule has 2 aromatic carbocycles. The second kappa shape index (κ2) is 7.35. The zero-order valence-electron chi connectivity index (χ0n) is 15.7. The number of nitrogens with zero attached hydrogens (tertiary/aromatic N) is 1. The highest BCUT2D eigenvalue weighted by Crippen LogP contribution is 2.42. The Morgan fingerprint density at radius 1 is 1.17 bits per heavy atom. The second-order valence-electron chi connectivity index (χ2n) is 7.47. The van der Waals surface area contributed by atoms with Crippen molar-refractivity contribution in [1.29, 1.82) is 0 Å². The van der Waals surface area contributed by atoms with Gasteiger partial charge in [0.05, 0.1) is 11.1 Å². The monoisotopic (exact) mass is 422 g/mol. The first kappa shape index (κ1) is 18.5. The lowest BCUT2D eigenvalue weighted by Crippen LogP contribution is -2.22. The van der Waals surface area contributed by atoms with Gasteiger partial charge in [0.1, 0.15) is 10.6 Å². The summed E-state index contributed by atoms with van der Waals surface area (Å²) in [7, 11) is 0. The number of hydrogen-bond acceptors (Lipinski definition) is 3. The Labute approximate surface area is 176 Å². The predicted octanol–water partition coefficient (Wildman–Crippen LogP) is 5.91. The van der Waals surface area contributed by atoms with E-state index in [4.69, 9.17) is 12.2 Å². The first-order valence-electron chi connectivity index (χ1n) is 9.72. The molecule has 0 saturated carbocycles. The van der Waals surface area contributed by atoms with Gasteiger partial charge in [0.25, 0.3) is 5.56 Å². The van der Waals surface area contributed by atoms with Crippen molar-refractivity contribution in [1.82, 2.24) is 9.55 Å². The van der Waals surface area contributed by atoms with Gasteiger partial charge in [-0.15, -0.1) is 11.3 Å². The van der Waals surface area contributed by atoms with Gasteiger partial charge in [-0.05, 0) is 73.1 Å². The Balaban J connectivity index is 1.72. The number of H-pyrrole nitrogens is 1. The summed E-state index contributed by atoms with van der Waals surface area (Å²) in [5.41, 5.74) is 2.72. The van der Waals surface area contributed by atoms with Crippen LogP contribution in [0.4, 0.5) is 4.39 Å². The summed E-state index contributed by atoms with van der Waals surface area (Å²) < 4.78 is 15.5. The minimum Gasteiger partial charge on any atom is -0.323 e. The molecule has 29 heavy (non-hydrogen) atoms. The number of fused-ring (bicyclic) bond motifs is 3. The van der Waals surface area contributed by atoms with Crippen LogP contribution >= 0.6 is 23.6 Å². The van der Waals surface area contributed by atoms with Gasteiger partial charge in [-0.1, -0.05) is 36.4 Å². The van der Waals surface area contributed by atoms with E-state index in [1.165, 1.54) is 27.1 Å². The SMILES string of the molecule is O=c1c2c3c(sc2[nH]c(=S)n1-c1cccc(F)c1)CCCC3Cc1ccccc1. The van der Waals surface area contributed by atoms with Gasteiger partial charge in [-0.2, -0.15) is 0 Å². The number of nitrogens with one attached hydrogen (secondary N) is 1. The lowest BCUT2D eigenvalue weighted by Gasteiger charge is -2.23. The average molecular weight is 423 g/mol. The smallest absolute Gasteiger partial charge is 0.267 e. The number of halogens is 1. The Hall–Kier alpha value is -2.57. The van der Waals surface area contributed by atoms with Crippen LogP contribution in [0.2, 0.25) is 0 Å². The highest BCUT2D eigenvalue weighted by molar-refractivity contribution is 7.71. The molecule has 0 spiro atoms. The minimum atomic E-state index is -0.391. The Morgan fingerprint density at radius 2 is 2.00 bits per heavy atom. The number of rotatable bonds is 3. The summed E-state index contributed by atoms with van der Waals surface area (Å²) >= 11 is 7.10. The van der Waals surface area contributed by atoms with Crippen molar-refractivity contribution in [3.8, 4) is 5.69 Å². The summed E-state index contributed by atoms with van der Waals surface area (Å²) in [6, 6.07) is 16.4. The van der Waals surface area contributed by atoms with Crippen LogP contribution in [0.5, 0.6) is 0 Å². The Kier molecular flexibility index (Phi) is 4.68. The number of benzene rings is 2. The fourth-order valence-corrected chi connectivity index (χ4v) is 6.05. The maximum absolute atomic E-state index is 13.8. The van der Waals surface area contributed by atoms with Crippen molar-refractivity contribution in [3.63, 3.8) is 0 Å². The number of aromatic amines is 1. The highest BCUT2D eigenvalue weighted by atomic mass is 32.1. The van der Waals surface area contributed by atoms with Crippen LogP contribution in [0.3, 0.4) is 0 Å². The van der Waals surface area contributed by atoms with E-state index >= 15 is 0 Å². The van der Waals surface area contributed by atoms with E-state index in [-0.39, 0.29) is 5.56 Å². The maximum atomic E-state index is 13.8. The Bertz CT molecular complexity index is 1320. The quantitative estimate of drug-likeness (QED) is 0.417. The molecular formula is C23H19FN2OS2. The molecular weight excluding hydrogens is 403 g/mol. The first-order valence-corrected chi connectivity index (χ1v) is 10.9. The molecule has 1 atom stereocenters. The minimum absolute atomic E-state index is 0.160. The van der Waals surface area contributed by atoms with Crippen molar-refractivity contribution >= 4 is 33.8 Å². The van der Waals surface area contributed by atoms with E-state index in [0.29, 0.717) is 21.8 Å². The maximum Gasteiger partial charge on any atom is 0.267 e. The van der Waals surface area contributed by atoms with Crippen molar-refractivity contribution in [3.05, 3.63) is 91.5 Å². The lowest BCUT2D eigenvalue weighted by molar-refractivity contribution is 0.560. The summed E-state index contributed by atoms with van der Waals surface area (Å²) in [5, 5.41) is 0.712. The number of hydrogen-bond donors (Lipinski definition) is 1. The number of aromatic nitrogens is 2. The van der Waals surface area contributed by atoms with Crippen LogP contribution < -0.4 is 5.56 Å². The normalized spacial score (nSPS) is 16.1. The summed E-state index contributed by atoms with van der Waals surface area (Å²) in [6.07, 6.45) is 4.08. The molecule has 0 aliphatic heterocycles. The Morgan fingerprint density at radius 3 is 2.79 bits per heavy atom. The molecule has 1 aliphatic rings. The van der Waals surface area contributed by atoms with Crippen LogP contribution in [0.1, 0.15) is 34.8 Å². The standard InChI is InChI=1S/C23H19FN2OS2/c24-16-9-5-10-17(13-16)26-22(27)20-19-15(12-14-6-2-1-3-7-14)8-4-11-18(19)29-21(20)25-23(26)28/h1-3,5-7,9-10,13,15H,4,8,11-12H2,(H,25,28). The average Bonchev–Trinajstić information content (AvgIpc) is 3.08. The van der Waals surface area contributed by atoms with Gasteiger partial charge >= 0.3 is 0 Å². The predicted molar refractivity (Wildman–Crippen MR) is 118 cm³/mol. The molecule has 0 fully saturated rings. The van der Waals surface area contributed by atoms with Crippen molar-refractivity contribution in [2.45, 2.75) is 31.6 Å². The zero-order chi connectivity index (χ0) is 20.0. The van der Waals surface area contributed by atoms with Crippen molar-refractivity contribution in [2.75, 3.05) is 0 Å². The molecule has 4 aromatic rings. The molecule has 1 unspecified atom stereocenters. The summed E-state index contributed by atoms with van der Waals surface area (Å²) in [6.45, 7) is 0. The zero-order valence-corrected chi connectivity index (χ0v) is 17.3. The molecule has 2 aromatic heterocycles. The summed E-state index contributed by atoms with van der Waals surface area (Å²) in [5.74, 6) is -0.0915. The van der Waals surface area contributed by atoms with Crippen LogP contribution in [0.15, 0.2) is 59.4 Å². The molecule has 0 amide bonds. The fraction of sp³-hybridized carbons (Fsp3) is 0.217. The third kappa shape index (κ3) is 3.26. The fourth-order valence-electron chi connectivity index (χ4n) is 4.37. The van der Waals surface area contributed by atoms with E-state index in [2.05, 4.69) is 29.2 Å². The van der Waals surface area contributed by atoms with Crippen molar-refractivity contribution in [2.24, 2.45) is 0 Å². The highest BCUT2D eigenvalue weighted by Gasteiger charge is 2.28. The molecule has 146 valence electrons. The van der Waals surface area contributed by atoms with Gasteiger partial charge in [0, 0.05) is 4.88 Å². The first-order chi connectivity index (χ1) is 14.1. The largest absolute Gasteiger partial charge is 0.323 e. The van der Waals surface area contributed by atoms with E-state index in [1.807, 2.05) is 6.07 Å². The summed E-state index contributed by atoms with van der Waals surface area (Å²) in [4.78, 5) is 18.9. The second-order valence-corrected chi connectivity index (χ2v) is 8.96. The molecule has 5 rings (SSSR count). The third-order valence-electron chi connectivity index (χ3n) is 5.62. The number of aryl methyl sites for hydroxylation is 1. The molecule has 1 N–H and O–H groups in total. The van der Waals surface area contributed by atoms with Gasteiger partial charge in [-0.25, -0.2) is 4.39 Å². The van der Waals surface area contributed by atoms with E-state index in [0.717, 1.165) is 36.1 Å². The van der Waals surface area contributed by atoms with E-state index in [1.54, 1.807) is 23.5 Å². The van der Waals surface area contributed by atoms with Crippen molar-refractivity contribution < 1.29 is 4.39 Å². The molecule has 6 heteroatoms. The molecule has 0 saturated heterocycles. The number of thiophene rings is 1. The van der Waals surface area contributed by atoms with Gasteiger partial charge in [-0.3, -0.25) is 9.36 Å². The third-order valence-corrected chi connectivity index (χ3v) is 7.08. The van der Waals surface area contributed by atoms with Crippen LogP contribution in [0, 0.1) is 10.6 Å². The van der Waals surface area contributed by atoms with E-state index in [9.17, 15) is 9.18 Å². The van der Waals surface area contributed by atoms with Gasteiger partial charge in [0.2, 0.25) is 0 Å². The molecule has 1 aliphatic carbocycles. The molecule has 0 radical (unpaired) electrons. The van der Waals surface area contributed by atoms with E-state index < -0.39 is 5.82 Å². The molecule has 0 bridgehead atoms. The topological polar surface area (TPSA) is 37.8 Å². The lowest BCUT2D eigenvalue weighted by atomic mass is 9.82. The van der Waals surface area contributed by atoms with Gasteiger partial charge < -0.3 is 4.98 Å². The molecule has 2 heterocycles. The van der Waals surface area contributed by atoms with Crippen LogP contribution in [-0.2, 0) is 12.8 Å². The van der Waals surface area contributed by atoms with Crippen LogP contribution in [-0.4, -0.2) is 9.55 Å². The van der Waals surface area contributed by atoms with Gasteiger partial charge in [0.15, 0.2) is 4.77 Å². The molecule has 3 nitrogen and oxygen atoms in total. The van der Waals surface area contributed by atoms with Crippen LogP contribution in [0.25, 0.3) is 15.9 Å².